The minimum Gasteiger partial charge on any atom is -0.493 e. The van der Waals surface area contributed by atoms with Crippen molar-refractivity contribution in [2.75, 3.05) is 7.11 Å². The molecule has 6 heteroatoms. The van der Waals surface area contributed by atoms with Crippen LogP contribution in [0, 0.1) is 0 Å². The number of amides is 1. The van der Waals surface area contributed by atoms with Crippen molar-refractivity contribution >= 4 is 17.5 Å². The lowest BCUT2D eigenvalue weighted by Crippen LogP contribution is -2.33. The molecular weight excluding hydrogens is 292 g/mol. The predicted octanol–water partition coefficient (Wildman–Crippen LogP) is 2.27. The normalized spacial score (nSPS) is 13.6. The van der Waals surface area contributed by atoms with Gasteiger partial charge >= 0.3 is 0 Å². The van der Waals surface area contributed by atoms with Gasteiger partial charge in [-0.3, -0.25) is 4.79 Å². The summed E-state index contributed by atoms with van der Waals surface area (Å²) >= 11 is 6.09. The summed E-state index contributed by atoms with van der Waals surface area (Å²) in [7, 11) is 1.52. The van der Waals surface area contributed by atoms with Crippen molar-refractivity contribution in [3.63, 3.8) is 0 Å². The monoisotopic (exact) mass is 314 g/mol. The second kappa shape index (κ2) is 8.10. The first-order valence-corrected chi connectivity index (χ1v) is 7.38. The Morgan fingerprint density at radius 1 is 1.33 bits per heavy atom. The van der Waals surface area contributed by atoms with Gasteiger partial charge in [-0.2, -0.15) is 0 Å². The Balaban J connectivity index is 3.21. The lowest BCUT2D eigenvalue weighted by atomic mass is 10.0. The van der Waals surface area contributed by atoms with Gasteiger partial charge < -0.3 is 20.9 Å². The summed E-state index contributed by atoms with van der Waals surface area (Å²) in [6.07, 6.45) is 1.16. The van der Waals surface area contributed by atoms with Crippen molar-refractivity contribution in [2.24, 2.45) is 11.5 Å². The summed E-state index contributed by atoms with van der Waals surface area (Å²) in [5.41, 5.74) is 12.2. The lowest BCUT2D eigenvalue weighted by molar-refractivity contribution is -0.124. The van der Waals surface area contributed by atoms with E-state index in [1.54, 1.807) is 12.1 Å². The molecule has 0 aliphatic carbocycles. The van der Waals surface area contributed by atoms with Gasteiger partial charge in [-0.15, -0.1) is 0 Å². The molecule has 5 nitrogen and oxygen atoms in total. The Morgan fingerprint density at radius 3 is 2.48 bits per heavy atom. The molecule has 21 heavy (non-hydrogen) atoms. The first-order valence-electron chi connectivity index (χ1n) is 7.00. The number of methoxy groups -OCH3 is 1. The van der Waals surface area contributed by atoms with Crippen LogP contribution in [-0.2, 0) is 11.2 Å². The molecule has 1 aromatic carbocycles. The summed E-state index contributed by atoms with van der Waals surface area (Å²) < 4.78 is 11.1. The third-order valence-electron chi connectivity index (χ3n) is 3.27. The Bertz CT molecular complexity index is 494. The molecule has 0 saturated carbocycles. The fraction of sp³-hybridized carbons (Fsp3) is 0.533. The highest BCUT2D eigenvalue weighted by Crippen LogP contribution is 2.36. The van der Waals surface area contributed by atoms with Crippen LogP contribution in [0.15, 0.2) is 12.1 Å². The number of hydrogen-bond donors (Lipinski definition) is 2. The molecule has 0 bridgehead atoms. The van der Waals surface area contributed by atoms with Gasteiger partial charge in [0.15, 0.2) is 17.6 Å². The van der Waals surface area contributed by atoms with Gasteiger partial charge in [-0.05, 0) is 25.3 Å². The maximum absolute atomic E-state index is 11.4. The van der Waals surface area contributed by atoms with E-state index in [0.717, 1.165) is 12.0 Å². The van der Waals surface area contributed by atoms with Crippen molar-refractivity contribution in [1.29, 1.82) is 0 Å². The van der Waals surface area contributed by atoms with Crippen LogP contribution in [0.25, 0.3) is 0 Å². The van der Waals surface area contributed by atoms with E-state index in [0.29, 0.717) is 29.4 Å². The molecule has 0 aliphatic rings. The topological polar surface area (TPSA) is 87.6 Å². The van der Waals surface area contributed by atoms with Crippen LogP contribution in [0.4, 0.5) is 0 Å². The summed E-state index contributed by atoms with van der Waals surface area (Å²) in [4.78, 5) is 11.4. The second-order valence-electron chi connectivity index (χ2n) is 4.89. The van der Waals surface area contributed by atoms with Crippen LogP contribution in [0.1, 0.15) is 32.3 Å². The molecule has 1 rings (SSSR count). The quantitative estimate of drug-likeness (QED) is 0.770. The summed E-state index contributed by atoms with van der Waals surface area (Å²) in [6.45, 7) is 3.83. The van der Waals surface area contributed by atoms with Gasteiger partial charge in [0.2, 0.25) is 0 Å². The second-order valence-corrected chi connectivity index (χ2v) is 5.32. The number of hydrogen-bond acceptors (Lipinski definition) is 4. The van der Waals surface area contributed by atoms with Crippen molar-refractivity contribution in [1.82, 2.24) is 0 Å². The number of rotatable bonds is 8. The minimum absolute atomic E-state index is 0.0239. The number of benzene rings is 1. The van der Waals surface area contributed by atoms with Crippen LogP contribution < -0.4 is 20.9 Å². The van der Waals surface area contributed by atoms with Gasteiger partial charge in [0, 0.05) is 22.7 Å². The fourth-order valence-electron chi connectivity index (χ4n) is 1.97. The van der Waals surface area contributed by atoms with Gasteiger partial charge in [0.1, 0.15) is 0 Å². The number of ether oxygens (including phenoxy) is 2. The SMILES string of the molecule is CCC(N)Cc1cc(Cl)cc(OC)c1OC(CC)C(N)=O. The van der Waals surface area contributed by atoms with E-state index in [-0.39, 0.29) is 6.04 Å². The molecule has 1 aromatic rings. The fourth-order valence-corrected chi connectivity index (χ4v) is 2.20. The van der Waals surface area contributed by atoms with Gasteiger partial charge in [-0.25, -0.2) is 0 Å². The Hall–Kier alpha value is -1.46. The van der Waals surface area contributed by atoms with Gasteiger partial charge in [0.05, 0.1) is 7.11 Å². The standard InChI is InChI=1S/C15H23ClN2O3/c1-4-11(17)7-9-6-10(16)8-13(20-3)14(9)21-12(5-2)15(18)19/h6,8,11-12H,4-5,7,17H2,1-3H3,(H2,18,19). The van der Waals surface area contributed by atoms with Crippen molar-refractivity contribution in [3.05, 3.63) is 22.7 Å². The van der Waals surface area contributed by atoms with Crippen LogP contribution in [-0.4, -0.2) is 25.2 Å². The average Bonchev–Trinajstić information content (AvgIpc) is 2.45. The number of carbonyl (C=O) groups excluding carboxylic acids is 1. The molecule has 0 fully saturated rings. The highest BCUT2D eigenvalue weighted by atomic mass is 35.5. The Morgan fingerprint density at radius 2 is 2.00 bits per heavy atom. The molecule has 1 amide bonds. The van der Waals surface area contributed by atoms with E-state index in [4.69, 9.17) is 32.5 Å². The number of nitrogens with two attached hydrogens (primary N) is 2. The molecular formula is C15H23ClN2O3. The number of primary amides is 1. The van der Waals surface area contributed by atoms with Crippen molar-refractivity contribution in [2.45, 2.75) is 45.3 Å². The van der Waals surface area contributed by atoms with E-state index in [2.05, 4.69) is 0 Å². The molecule has 2 unspecified atom stereocenters. The van der Waals surface area contributed by atoms with Crippen LogP contribution in [0.2, 0.25) is 5.02 Å². The molecule has 0 radical (unpaired) electrons. The Kier molecular flexibility index (Phi) is 6.78. The van der Waals surface area contributed by atoms with E-state index >= 15 is 0 Å². The molecule has 118 valence electrons. The minimum atomic E-state index is -0.711. The summed E-state index contributed by atoms with van der Waals surface area (Å²) in [5.74, 6) is 0.442. The maximum Gasteiger partial charge on any atom is 0.258 e. The van der Waals surface area contributed by atoms with Crippen molar-refractivity contribution < 1.29 is 14.3 Å². The summed E-state index contributed by atoms with van der Waals surface area (Å²) in [5, 5.41) is 0.532. The zero-order valence-electron chi connectivity index (χ0n) is 12.7. The van der Waals surface area contributed by atoms with Crippen LogP contribution in [0.5, 0.6) is 11.5 Å². The zero-order chi connectivity index (χ0) is 16.0. The molecule has 4 N–H and O–H groups in total. The van der Waals surface area contributed by atoms with Gasteiger partial charge in [-0.1, -0.05) is 25.4 Å². The maximum atomic E-state index is 11.4. The first-order chi connectivity index (χ1) is 9.92. The molecule has 0 aliphatic heterocycles. The molecule has 0 saturated heterocycles. The number of halogens is 1. The van der Waals surface area contributed by atoms with E-state index < -0.39 is 12.0 Å². The predicted molar refractivity (Wildman–Crippen MR) is 83.9 cm³/mol. The van der Waals surface area contributed by atoms with E-state index in [1.165, 1.54) is 7.11 Å². The van der Waals surface area contributed by atoms with Crippen molar-refractivity contribution in [3.8, 4) is 11.5 Å². The van der Waals surface area contributed by atoms with Crippen LogP contribution >= 0.6 is 11.6 Å². The zero-order valence-corrected chi connectivity index (χ0v) is 13.4. The Labute approximate surface area is 130 Å². The highest BCUT2D eigenvalue weighted by molar-refractivity contribution is 6.30. The third kappa shape index (κ3) is 4.79. The smallest absolute Gasteiger partial charge is 0.258 e. The molecule has 2 atom stereocenters. The summed E-state index contributed by atoms with van der Waals surface area (Å²) in [6, 6.07) is 3.40. The van der Waals surface area contributed by atoms with Crippen LogP contribution in [0.3, 0.4) is 0 Å². The molecule has 0 heterocycles. The number of carbonyl (C=O) groups is 1. The average molecular weight is 315 g/mol. The first kappa shape index (κ1) is 17.6. The van der Waals surface area contributed by atoms with E-state index in [1.807, 2.05) is 13.8 Å². The van der Waals surface area contributed by atoms with Gasteiger partial charge in [0.25, 0.3) is 5.91 Å². The highest BCUT2D eigenvalue weighted by Gasteiger charge is 2.21. The third-order valence-corrected chi connectivity index (χ3v) is 3.49. The largest absolute Gasteiger partial charge is 0.493 e. The lowest BCUT2D eigenvalue weighted by Gasteiger charge is -2.21. The molecule has 0 aromatic heterocycles. The van der Waals surface area contributed by atoms with E-state index in [9.17, 15) is 4.79 Å². The molecule has 0 spiro atoms.